The summed E-state index contributed by atoms with van der Waals surface area (Å²) in [6.07, 6.45) is 0.0994. The van der Waals surface area contributed by atoms with Crippen LogP contribution in [0.2, 0.25) is 0 Å². The zero-order chi connectivity index (χ0) is 22.2. The van der Waals surface area contributed by atoms with Crippen molar-refractivity contribution in [2.24, 2.45) is 0 Å². The number of para-hydroxylation sites is 2. The maximum absolute atomic E-state index is 12.6. The van der Waals surface area contributed by atoms with Crippen LogP contribution in [-0.4, -0.2) is 44.1 Å². The van der Waals surface area contributed by atoms with Gasteiger partial charge in [-0.15, -0.1) is 0 Å². The van der Waals surface area contributed by atoms with E-state index in [-0.39, 0.29) is 38.4 Å². The van der Waals surface area contributed by atoms with Crippen molar-refractivity contribution in [3.8, 4) is 11.8 Å². The Morgan fingerprint density at radius 3 is 2.68 bits per heavy atom. The van der Waals surface area contributed by atoms with Gasteiger partial charge in [0.1, 0.15) is 5.75 Å². The average molecular weight is 421 g/mol. The lowest BCUT2D eigenvalue weighted by atomic mass is 10.2. The van der Waals surface area contributed by atoms with Crippen molar-refractivity contribution in [2.45, 2.75) is 19.8 Å². The molecule has 1 heterocycles. The van der Waals surface area contributed by atoms with E-state index >= 15 is 0 Å². The molecule has 1 aliphatic rings. The highest BCUT2D eigenvalue weighted by Crippen LogP contribution is 2.31. The van der Waals surface area contributed by atoms with Gasteiger partial charge in [-0.1, -0.05) is 29.8 Å². The Kier molecular flexibility index (Phi) is 7.22. The molecule has 0 unspecified atom stereocenters. The highest BCUT2D eigenvalue weighted by atomic mass is 16.5. The number of esters is 1. The summed E-state index contributed by atoms with van der Waals surface area (Å²) in [6, 6.07) is 16.4. The number of carbonyl (C=O) groups excluding carboxylic acids is 3. The first-order valence-electron chi connectivity index (χ1n) is 9.91. The van der Waals surface area contributed by atoms with Crippen LogP contribution < -0.4 is 14.5 Å². The highest BCUT2D eigenvalue weighted by Gasteiger charge is 2.26. The molecule has 0 bridgehead atoms. The van der Waals surface area contributed by atoms with Crippen LogP contribution in [0.25, 0.3) is 0 Å². The predicted molar refractivity (Wildman–Crippen MR) is 114 cm³/mol. The molecule has 1 aliphatic heterocycles. The molecule has 0 radical (unpaired) electrons. The molecule has 0 aliphatic carbocycles. The molecule has 3 rings (SSSR count). The normalized spacial score (nSPS) is 12.4. The number of nitrogens with zero attached hydrogens (tertiary/aromatic N) is 3. The molecule has 8 heteroatoms. The van der Waals surface area contributed by atoms with E-state index < -0.39 is 18.5 Å². The maximum Gasteiger partial charge on any atom is 0.308 e. The summed E-state index contributed by atoms with van der Waals surface area (Å²) >= 11 is 0. The Hall–Kier alpha value is -3.86. The number of ether oxygens (including phenoxy) is 2. The lowest BCUT2D eigenvalue weighted by molar-refractivity contribution is -0.147. The topological polar surface area (TPSA) is 99.9 Å². The third-order valence-electron chi connectivity index (χ3n) is 4.80. The third kappa shape index (κ3) is 5.60. The second kappa shape index (κ2) is 10.3. The fraction of sp³-hybridized carbons (Fsp3) is 0.304. The zero-order valence-electron chi connectivity index (χ0n) is 17.2. The first-order valence-corrected chi connectivity index (χ1v) is 9.91. The molecule has 0 atom stereocenters. The molecule has 2 amide bonds. The molecule has 31 heavy (non-hydrogen) atoms. The largest absolute Gasteiger partial charge is 0.482 e. The molecule has 160 valence electrons. The third-order valence-corrected chi connectivity index (χ3v) is 4.80. The number of fused-ring (bicyclic) bond motifs is 1. The summed E-state index contributed by atoms with van der Waals surface area (Å²) in [5.74, 6) is -0.670. The van der Waals surface area contributed by atoms with Gasteiger partial charge < -0.3 is 19.3 Å². The average Bonchev–Trinajstić information content (AvgIpc) is 2.78. The molecule has 2 aromatic rings. The quantitative estimate of drug-likeness (QED) is 0.608. The summed E-state index contributed by atoms with van der Waals surface area (Å²) in [5, 5.41) is 8.88. The number of hydrogen-bond acceptors (Lipinski definition) is 6. The van der Waals surface area contributed by atoms with E-state index in [1.807, 2.05) is 25.1 Å². The van der Waals surface area contributed by atoms with Gasteiger partial charge in [0.15, 0.2) is 13.2 Å². The first-order chi connectivity index (χ1) is 15.0. The lowest BCUT2D eigenvalue weighted by Crippen LogP contribution is -2.40. The number of benzene rings is 2. The first kappa shape index (κ1) is 21.8. The van der Waals surface area contributed by atoms with Crippen molar-refractivity contribution >= 4 is 29.2 Å². The molecule has 0 N–H and O–H groups in total. The van der Waals surface area contributed by atoms with Crippen molar-refractivity contribution in [3.05, 3.63) is 54.1 Å². The fourth-order valence-corrected chi connectivity index (χ4v) is 3.18. The van der Waals surface area contributed by atoms with Gasteiger partial charge in [-0.25, -0.2) is 0 Å². The van der Waals surface area contributed by atoms with E-state index in [9.17, 15) is 14.4 Å². The van der Waals surface area contributed by atoms with Crippen LogP contribution in [0.5, 0.6) is 5.75 Å². The Bertz CT molecular complexity index is 997. The molecule has 0 aromatic heterocycles. The van der Waals surface area contributed by atoms with Gasteiger partial charge in [0.05, 0.1) is 24.6 Å². The molecule has 2 aromatic carbocycles. The van der Waals surface area contributed by atoms with E-state index in [0.717, 1.165) is 5.56 Å². The zero-order valence-corrected chi connectivity index (χ0v) is 17.2. The predicted octanol–water partition coefficient (Wildman–Crippen LogP) is 2.60. The van der Waals surface area contributed by atoms with E-state index in [0.29, 0.717) is 17.1 Å². The summed E-state index contributed by atoms with van der Waals surface area (Å²) in [7, 11) is 0. The molecule has 0 saturated heterocycles. The summed E-state index contributed by atoms with van der Waals surface area (Å²) in [4.78, 5) is 39.9. The Morgan fingerprint density at radius 2 is 1.94 bits per heavy atom. The van der Waals surface area contributed by atoms with Crippen LogP contribution in [0.3, 0.4) is 0 Å². The molecular formula is C23H23N3O5. The van der Waals surface area contributed by atoms with Crippen LogP contribution in [0.15, 0.2) is 48.5 Å². The monoisotopic (exact) mass is 421 g/mol. The number of hydrogen-bond donors (Lipinski definition) is 0. The Labute approximate surface area is 180 Å². The highest BCUT2D eigenvalue weighted by molar-refractivity contribution is 5.98. The molecule has 0 spiro atoms. The molecular weight excluding hydrogens is 398 g/mol. The minimum absolute atomic E-state index is 0.0594. The molecule has 0 saturated carbocycles. The van der Waals surface area contributed by atoms with Crippen LogP contribution in [-0.2, 0) is 19.1 Å². The second-order valence-corrected chi connectivity index (χ2v) is 7.00. The van der Waals surface area contributed by atoms with E-state index in [4.69, 9.17) is 14.7 Å². The second-order valence-electron chi connectivity index (χ2n) is 7.00. The van der Waals surface area contributed by atoms with Gasteiger partial charge in [-0.05, 0) is 31.2 Å². The lowest BCUT2D eigenvalue weighted by Gasteiger charge is -2.29. The van der Waals surface area contributed by atoms with Crippen molar-refractivity contribution < 1.29 is 23.9 Å². The van der Waals surface area contributed by atoms with E-state index in [1.165, 1.54) is 9.80 Å². The van der Waals surface area contributed by atoms with E-state index in [1.54, 1.807) is 36.4 Å². The van der Waals surface area contributed by atoms with Crippen LogP contribution >= 0.6 is 0 Å². The van der Waals surface area contributed by atoms with Gasteiger partial charge in [-0.3, -0.25) is 14.4 Å². The minimum Gasteiger partial charge on any atom is -0.482 e. The fourth-order valence-electron chi connectivity index (χ4n) is 3.18. The van der Waals surface area contributed by atoms with Crippen molar-refractivity contribution in [1.82, 2.24) is 0 Å². The van der Waals surface area contributed by atoms with Crippen molar-refractivity contribution in [2.75, 3.05) is 36.1 Å². The number of nitriles is 1. The number of amides is 2. The SMILES string of the molecule is Cc1ccc(N(CCC#N)C(=O)COC(=O)CCN2C(=O)COc3ccccc32)cc1. The smallest absolute Gasteiger partial charge is 0.308 e. The number of aryl methyl sites for hydroxylation is 1. The van der Waals surface area contributed by atoms with Gasteiger partial charge in [0.2, 0.25) is 0 Å². The minimum atomic E-state index is -0.589. The van der Waals surface area contributed by atoms with Crippen LogP contribution in [0.4, 0.5) is 11.4 Å². The van der Waals surface area contributed by atoms with Gasteiger partial charge in [0, 0.05) is 18.8 Å². The van der Waals surface area contributed by atoms with Crippen LogP contribution in [0, 0.1) is 18.3 Å². The summed E-state index contributed by atoms with van der Waals surface area (Å²) in [5.41, 5.74) is 2.28. The molecule has 0 fully saturated rings. The maximum atomic E-state index is 12.6. The van der Waals surface area contributed by atoms with E-state index in [2.05, 4.69) is 0 Å². The number of carbonyl (C=O) groups is 3. The van der Waals surface area contributed by atoms with Crippen molar-refractivity contribution in [3.63, 3.8) is 0 Å². The van der Waals surface area contributed by atoms with Gasteiger partial charge in [-0.2, -0.15) is 5.26 Å². The Balaban J connectivity index is 1.55. The number of rotatable bonds is 8. The van der Waals surface area contributed by atoms with Gasteiger partial charge in [0.25, 0.3) is 11.8 Å². The number of anilines is 2. The van der Waals surface area contributed by atoms with Crippen molar-refractivity contribution in [1.29, 1.82) is 5.26 Å². The summed E-state index contributed by atoms with van der Waals surface area (Å²) < 4.78 is 10.5. The van der Waals surface area contributed by atoms with Crippen LogP contribution in [0.1, 0.15) is 18.4 Å². The molecule has 8 nitrogen and oxygen atoms in total. The standard InChI is InChI=1S/C23H23N3O5/c1-17-7-9-18(10-8-17)25(13-4-12-24)21(27)16-31-23(29)11-14-26-19-5-2-3-6-20(19)30-15-22(26)28/h2-3,5-10H,4,11,13-16H2,1H3. The van der Waals surface area contributed by atoms with Gasteiger partial charge >= 0.3 is 5.97 Å². The Morgan fingerprint density at radius 1 is 1.19 bits per heavy atom. The summed E-state index contributed by atoms with van der Waals surface area (Å²) in [6.45, 7) is 1.74.